The molecule has 2 aliphatic heterocycles. The molecule has 2 aliphatic rings. The Morgan fingerprint density at radius 1 is 1.56 bits per heavy atom. The second kappa shape index (κ2) is 4.95. The Balaban J connectivity index is 1.69. The second-order valence-electron chi connectivity index (χ2n) is 5.12. The molecule has 6 nitrogen and oxygen atoms in total. The van der Waals surface area contributed by atoms with Gasteiger partial charge in [0.25, 0.3) is 0 Å². The Morgan fingerprint density at radius 2 is 2.44 bits per heavy atom. The largest absolute Gasteiger partial charge is 0.367 e. The maximum atomic E-state index is 5.88. The first-order valence-corrected chi connectivity index (χ1v) is 6.72. The average molecular weight is 252 g/mol. The highest BCUT2D eigenvalue weighted by Gasteiger charge is 2.35. The molecule has 6 heteroatoms. The van der Waals surface area contributed by atoms with Crippen LogP contribution in [0.2, 0.25) is 0 Å². The van der Waals surface area contributed by atoms with Crippen LogP contribution in [0.5, 0.6) is 0 Å². The third-order valence-electron chi connectivity index (χ3n) is 3.89. The number of nitrogens with two attached hydrogens (primary N) is 1. The van der Waals surface area contributed by atoms with Crippen molar-refractivity contribution in [1.82, 2.24) is 15.0 Å². The van der Waals surface area contributed by atoms with Gasteiger partial charge in [0, 0.05) is 12.6 Å². The van der Waals surface area contributed by atoms with Crippen molar-refractivity contribution < 1.29 is 9.26 Å². The van der Waals surface area contributed by atoms with Gasteiger partial charge >= 0.3 is 0 Å². The Labute approximate surface area is 106 Å². The van der Waals surface area contributed by atoms with Crippen LogP contribution < -0.4 is 5.73 Å². The molecule has 0 amide bonds. The summed E-state index contributed by atoms with van der Waals surface area (Å²) in [5, 5.41) is 4.01. The van der Waals surface area contributed by atoms with Gasteiger partial charge in [-0.2, -0.15) is 4.98 Å². The molecule has 0 spiro atoms. The van der Waals surface area contributed by atoms with Crippen LogP contribution in [0.1, 0.15) is 50.0 Å². The van der Waals surface area contributed by atoms with Gasteiger partial charge in [-0.15, -0.1) is 0 Å². The molecule has 18 heavy (non-hydrogen) atoms. The third kappa shape index (κ3) is 2.15. The van der Waals surface area contributed by atoms with E-state index in [1.807, 2.05) is 6.92 Å². The van der Waals surface area contributed by atoms with Crippen molar-refractivity contribution in [2.45, 2.75) is 44.4 Å². The summed E-state index contributed by atoms with van der Waals surface area (Å²) >= 11 is 0. The molecule has 0 saturated carbocycles. The van der Waals surface area contributed by atoms with Crippen LogP contribution in [-0.2, 0) is 4.74 Å². The summed E-state index contributed by atoms with van der Waals surface area (Å²) in [6.45, 7) is 4.80. The molecular formula is C12H20N4O2. The lowest BCUT2D eigenvalue weighted by Crippen LogP contribution is -2.42. The fourth-order valence-electron chi connectivity index (χ4n) is 2.68. The first kappa shape index (κ1) is 12.1. The summed E-state index contributed by atoms with van der Waals surface area (Å²) in [5.41, 5.74) is 5.88. The van der Waals surface area contributed by atoms with Crippen molar-refractivity contribution in [3.05, 3.63) is 11.7 Å². The van der Waals surface area contributed by atoms with Gasteiger partial charge in [0.2, 0.25) is 11.7 Å². The number of hydrogen-bond donors (Lipinski definition) is 1. The van der Waals surface area contributed by atoms with Gasteiger partial charge in [-0.3, -0.25) is 4.90 Å². The smallest absolute Gasteiger partial charge is 0.243 e. The summed E-state index contributed by atoms with van der Waals surface area (Å²) in [4.78, 5) is 6.83. The van der Waals surface area contributed by atoms with Crippen molar-refractivity contribution in [2.75, 3.05) is 19.7 Å². The second-order valence-corrected chi connectivity index (χ2v) is 5.12. The number of ether oxygens (including phenoxy) is 1. The van der Waals surface area contributed by atoms with Crippen LogP contribution in [-0.4, -0.2) is 40.8 Å². The Hall–Kier alpha value is -0.980. The van der Waals surface area contributed by atoms with Crippen molar-refractivity contribution >= 4 is 0 Å². The number of hydrogen-bond acceptors (Lipinski definition) is 6. The van der Waals surface area contributed by atoms with E-state index in [4.69, 9.17) is 15.0 Å². The van der Waals surface area contributed by atoms with E-state index >= 15 is 0 Å². The Bertz CT molecular complexity index is 409. The highest BCUT2D eigenvalue weighted by Crippen LogP contribution is 2.29. The molecular weight excluding hydrogens is 232 g/mol. The highest BCUT2D eigenvalue weighted by molar-refractivity contribution is 4.98. The SMILES string of the molecule is CC[C@H](N)c1nc(C2CN3CCCC3CO2)no1. The summed E-state index contributed by atoms with van der Waals surface area (Å²) in [7, 11) is 0. The molecule has 100 valence electrons. The minimum Gasteiger partial charge on any atom is -0.367 e. The Kier molecular flexibility index (Phi) is 3.32. The van der Waals surface area contributed by atoms with E-state index < -0.39 is 0 Å². The number of rotatable bonds is 3. The van der Waals surface area contributed by atoms with Gasteiger partial charge in [0.05, 0.1) is 12.6 Å². The Morgan fingerprint density at radius 3 is 3.28 bits per heavy atom. The number of nitrogens with zero attached hydrogens (tertiary/aromatic N) is 3. The molecule has 0 bridgehead atoms. The van der Waals surface area contributed by atoms with E-state index in [0.717, 1.165) is 26.1 Å². The lowest BCUT2D eigenvalue weighted by molar-refractivity contribution is -0.0548. The molecule has 2 saturated heterocycles. The van der Waals surface area contributed by atoms with Gasteiger partial charge in [-0.1, -0.05) is 12.1 Å². The molecule has 3 heterocycles. The minimum atomic E-state index is -0.172. The van der Waals surface area contributed by atoms with E-state index in [0.29, 0.717) is 17.8 Å². The van der Waals surface area contributed by atoms with E-state index in [2.05, 4.69) is 15.0 Å². The van der Waals surface area contributed by atoms with E-state index in [-0.39, 0.29) is 12.1 Å². The van der Waals surface area contributed by atoms with Crippen molar-refractivity contribution in [2.24, 2.45) is 5.73 Å². The lowest BCUT2D eigenvalue weighted by Gasteiger charge is -2.33. The fourth-order valence-corrected chi connectivity index (χ4v) is 2.68. The quantitative estimate of drug-likeness (QED) is 0.865. The average Bonchev–Trinajstić information content (AvgIpc) is 3.05. The van der Waals surface area contributed by atoms with Crippen molar-refractivity contribution in [3.8, 4) is 0 Å². The highest BCUT2D eigenvalue weighted by atomic mass is 16.5. The van der Waals surface area contributed by atoms with E-state index in [1.54, 1.807) is 0 Å². The minimum absolute atomic E-state index is 0.0686. The summed E-state index contributed by atoms with van der Waals surface area (Å²) in [6, 6.07) is 0.417. The lowest BCUT2D eigenvalue weighted by atomic mass is 10.2. The van der Waals surface area contributed by atoms with Crippen LogP contribution in [0.15, 0.2) is 4.52 Å². The van der Waals surface area contributed by atoms with Gasteiger partial charge in [0.15, 0.2) is 0 Å². The molecule has 0 aliphatic carbocycles. The zero-order valence-electron chi connectivity index (χ0n) is 10.7. The molecule has 0 radical (unpaired) electrons. The third-order valence-corrected chi connectivity index (χ3v) is 3.89. The van der Waals surface area contributed by atoms with Crippen LogP contribution in [0.25, 0.3) is 0 Å². The summed E-state index contributed by atoms with van der Waals surface area (Å²) in [6.07, 6.45) is 3.23. The van der Waals surface area contributed by atoms with Crippen LogP contribution in [0, 0.1) is 0 Å². The first-order chi connectivity index (χ1) is 8.78. The standard InChI is InChI=1S/C12H20N4O2/c1-2-9(13)12-14-11(15-18-12)10-6-16-5-3-4-8(16)7-17-10/h8-10H,2-7,13H2,1H3/t8?,9-,10?/m0/s1. The maximum absolute atomic E-state index is 5.88. The van der Waals surface area contributed by atoms with Crippen molar-refractivity contribution in [3.63, 3.8) is 0 Å². The molecule has 1 aromatic heterocycles. The monoisotopic (exact) mass is 252 g/mol. The van der Waals surface area contributed by atoms with Gasteiger partial charge < -0.3 is 15.0 Å². The summed E-state index contributed by atoms with van der Waals surface area (Å²) in [5.74, 6) is 1.15. The predicted octanol–water partition coefficient (Wildman–Crippen LogP) is 1.02. The topological polar surface area (TPSA) is 77.4 Å². The fraction of sp³-hybridized carbons (Fsp3) is 0.833. The van der Waals surface area contributed by atoms with Crippen molar-refractivity contribution in [1.29, 1.82) is 0 Å². The van der Waals surface area contributed by atoms with Crippen LogP contribution in [0.3, 0.4) is 0 Å². The van der Waals surface area contributed by atoms with Gasteiger partial charge in [-0.25, -0.2) is 0 Å². The number of aromatic nitrogens is 2. The number of morpholine rings is 1. The zero-order valence-corrected chi connectivity index (χ0v) is 10.7. The molecule has 3 rings (SSSR count). The zero-order chi connectivity index (χ0) is 12.5. The molecule has 1 aromatic rings. The first-order valence-electron chi connectivity index (χ1n) is 6.72. The molecule has 2 fully saturated rings. The molecule has 2 N–H and O–H groups in total. The predicted molar refractivity (Wildman–Crippen MR) is 64.8 cm³/mol. The molecule has 3 atom stereocenters. The van der Waals surface area contributed by atoms with E-state index in [1.165, 1.54) is 12.8 Å². The number of fused-ring (bicyclic) bond motifs is 1. The maximum Gasteiger partial charge on any atom is 0.243 e. The molecule has 0 aromatic carbocycles. The van der Waals surface area contributed by atoms with Gasteiger partial charge in [-0.05, 0) is 25.8 Å². The summed E-state index contributed by atoms with van der Waals surface area (Å²) < 4.78 is 11.0. The van der Waals surface area contributed by atoms with Crippen LogP contribution >= 0.6 is 0 Å². The van der Waals surface area contributed by atoms with Gasteiger partial charge in [0.1, 0.15) is 6.10 Å². The van der Waals surface area contributed by atoms with Crippen LogP contribution in [0.4, 0.5) is 0 Å². The van der Waals surface area contributed by atoms with E-state index in [9.17, 15) is 0 Å². The molecule has 2 unspecified atom stereocenters. The normalized spacial score (nSPS) is 30.3.